The smallest absolute Gasteiger partial charge is 0.238 e. The molecule has 1 aliphatic rings. The maximum absolute atomic E-state index is 12.3. The van der Waals surface area contributed by atoms with E-state index in [1.54, 1.807) is 18.2 Å². The number of sulfonamides is 1. The number of carbonyl (C=O) groups excluding carboxylic acids is 1. The summed E-state index contributed by atoms with van der Waals surface area (Å²) in [5.41, 5.74) is 0. The molecular weight excluding hydrogens is 352 g/mol. The highest BCUT2D eigenvalue weighted by Gasteiger charge is 2.34. The predicted molar refractivity (Wildman–Crippen MR) is 90.7 cm³/mol. The van der Waals surface area contributed by atoms with Gasteiger partial charge in [-0.2, -0.15) is 4.31 Å². The van der Waals surface area contributed by atoms with Crippen LogP contribution in [0.1, 0.15) is 19.3 Å². The first kappa shape index (κ1) is 18.9. The van der Waals surface area contributed by atoms with Crippen molar-refractivity contribution in [3.63, 3.8) is 0 Å². The topological polar surface area (TPSA) is 101 Å². The van der Waals surface area contributed by atoms with E-state index >= 15 is 0 Å². The Bertz CT molecular complexity index is 775. The van der Waals surface area contributed by atoms with Crippen molar-refractivity contribution in [2.45, 2.75) is 30.2 Å². The molecule has 1 unspecified atom stereocenters. The van der Waals surface area contributed by atoms with E-state index in [9.17, 15) is 21.6 Å². The summed E-state index contributed by atoms with van der Waals surface area (Å²) in [5.74, 6) is -0.669. The summed E-state index contributed by atoms with van der Waals surface area (Å²) in [6.07, 6.45) is 3.02. The van der Waals surface area contributed by atoms with Crippen LogP contribution in [0.2, 0.25) is 0 Å². The third kappa shape index (κ3) is 4.78. The van der Waals surface area contributed by atoms with Crippen molar-refractivity contribution < 1.29 is 21.6 Å². The van der Waals surface area contributed by atoms with E-state index in [-0.39, 0.29) is 17.2 Å². The van der Waals surface area contributed by atoms with Crippen LogP contribution in [-0.2, 0) is 24.7 Å². The maximum atomic E-state index is 12.3. The van der Waals surface area contributed by atoms with Gasteiger partial charge in [0.1, 0.15) is 6.04 Å². The molecule has 0 aliphatic carbocycles. The number of amides is 1. The van der Waals surface area contributed by atoms with Gasteiger partial charge in [-0.3, -0.25) is 4.79 Å². The summed E-state index contributed by atoms with van der Waals surface area (Å²) >= 11 is 0. The van der Waals surface area contributed by atoms with E-state index in [2.05, 4.69) is 5.32 Å². The predicted octanol–water partition coefficient (Wildman–Crippen LogP) is 0.391. The molecule has 1 heterocycles. The van der Waals surface area contributed by atoms with Crippen molar-refractivity contribution in [1.82, 2.24) is 9.62 Å². The van der Waals surface area contributed by atoms with Gasteiger partial charge in [-0.15, -0.1) is 0 Å². The molecule has 1 saturated heterocycles. The third-order valence-corrected chi connectivity index (χ3v) is 6.98. The number of nitrogens with zero attached hydrogens (tertiary/aromatic N) is 1. The van der Waals surface area contributed by atoms with Gasteiger partial charge >= 0.3 is 0 Å². The zero-order chi connectivity index (χ0) is 17.8. The van der Waals surface area contributed by atoms with Crippen LogP contribution in [-0.4, -0.2) is 58.2 Å². The zero-order valence-electron chi connectivity index (χ0n) is 13.5. The zero-order valence-corrected chi connectivity index (χ0v) is 15.1. The monoisotopic (exact) mass is 374 g/mol. The van der Waals surface area contributed by atoms with Crippen molar-refractivity contribution >= 4 is 25.8 Å². The fourth-order valence-electron chi connectivity index (χ4n) is 2.74. The minimum Gasteiger partial charge on any atom is -0.354 e. The van der Waals surface area contributed by atoms with E-state index in [0.29, 0.717) is 13.0 Å². The summed E-state index contributed by atoms with van der Waals surface area (Å²) in [5, 5.41) is 2.56. The Hall–Kier alpha value is -1.45. The molecule has 7 nitrogen and oxygen atoms in total. The number of rotatable bonds is 6. The highest BCUT2D eigenvalue weighted by molar-refractivity contribution is 7.91. The van der Waals surface area contributed by atoms with Crippen LogP contribution in [0.5, 0.6) is 0 Å². The summed E-state index contributed by atoms with van der Waals surface area (Å²) in [6.45, 7) is 0.267. The second kappa shape index (κ2) is 7.62. The van der Waals surface area contributed by atoms with Crippen LogP contribution in [0.25, 0.3) is 0 Å². The lowest BCUT2D eigenvalue weighted by Crippen LogP contribution is -2.52. The molecule has 1 amide bonds. The normalized spacial score (nSPS) is 19.8. The molecule has 0 aromatic heterocycles. The average Bonchev–Trinajstić information content (AvgIpc) is 2.54. The lowest BCUT2D eigenvalue weighted by Gasteiger charge is -2.32. The molecule has 1 aromatic rings. The Labute approximate surface area is 143 Å². The third-order valence-electron chi connectivity index (χ3n) is 3.95. The van der Waals surface area contributed by atoms with Crippen molar-refractivity contribution in [3.8, 4) is 0 Å². The van der Waals surface area contributed by atoms with Crippen LogP contribution in [0.4, 0.5) is 0 Å². The van der Waals surface area contributed by atoms with Gasteiger partial charge in [-0.25, -0.2) is 16.8 Å². The fourth-order valence-corrected chi connectivity index (χ4v) is 5.04. The van der Waals surface area contributed by atoms with Gasteiger partial charge in [-0.05, 0) is 25.0 Å². The van der Waals surface area contributed by atoms with Gasteiger partial charge in [0, 0.05) is 13.1 Å². The highest BCUT2D eigenvalue weighted by Crippen LogP contribution is 2.20. The molecular formula is C15H22N2O5S2. The van der Waals surface area contributed by atoms with Gasteiger partial charge in [0.25, 0.3) is 0 Å². The SMILES string of the molecule is CS(=O)(=O)N1CCCCC1C(=O)NCCS(=O)(=O)c1ccccc1. The van der Waals surface area contributed by atoms with Gasteiger partial charge in [0.2, 0.25) is 15.9 Å². The highest BCUT2D eigenvalue weighted by atomic mass is 32.2. The minimum atomic E-state index is -3.48. The quantitative estimate of drug-likeness (QED) is 0.776. The first-order chi connectivity index (χ1) is 11.2. The Balaban J connectivity index is 1.95. The van der Waals surface area contributed by atoms with Crippen molar-refractivity contribution in [3.05, 3.63) is 30.3 Å². The summed E-state index contributed by atoms with van der Waals surface area (Å²) in [4.78, 5) is 12.5. The van der Waals surface area contributed by atoms with Crippen molar-refractivity contribution in [2.24, 2.45) is 0 Å². The molecule has 0 bridgehead atoms. The number of hydrogen-bond acceptors (Lipinski definition) is 5. The van der Waals surface area contributed by atoms with Crippen LogP contribution in [0, 0.1) is 0 Å². The first-order valence-electron chi connectivity index (χ1n) is 7.74. The van der Waals surface area contributed by atoms with Crippen LogP contribution in [0.3, 0.4) is 0 Å². The van der Waals surface area contributed by atoms with Crippen LogP contribution >= 0.6 is 0 Å². The fraction of sp³-hybridized carbons (Fsp3) is 0.533. The van der Waals surface area contributed by atoms with Gasteiger partial charge in [-0.1, -0.05) is 24.6 Å². The van der Waals surface area contributed by atoms with E-state index in [1.165, 1.54) is 16.4 Å². The summed E-state index contributed by atoms with van der Waals surface area (Å²) in [7, 11) is -6.94. The summed E-state index contributed by atoms with van der Waals surface area (Å²) < 4.78 is 49.0. The van der Waals surface area contributed by atoms with Crippen LogP contribution < -0.4 is 5.32 Å². The molecule has 1 N–H and O–H groups in total. The lowest BCUT2D eigenvalue weighted by atomic mass is 10.0. The van der Waals surface area contributed by atoms with Gasteiger partial charge in [0.15, 0.2) is 9.84 Å². The molecule has 1 atom stereocenters. The molecule has 2 rings (SSSR count). The average molecular weight is 374 g/mol. The Morgan fingerprint density at radius 1 is 1.17 bits per heavy atom. The van der Waals surface area contributed by atoms with E-state index in [0.717, 1.165) is 19.1 Å². The summed E-state index contributed by atoms with van der Waals surface area (Å²) in [6, 6.07) is 7.25. The Morgan fingerprint density at radius 3 is 2.46 bits per heavy atom. The molecule has 1 aromatic carbocycles. The van der Waals surface area contributed by atoms with Crippen molar-refractivity contribution in [1.29, 1.82) is 0 Å². The molecule has 24 heavy (non-hydrogen) atoms. The lowest BCUT2D eigenvalue weighted by molar-refractivity contribution is -0.125. The number of carbonyl (C=O) groups is 1. The molecule has 134 valence electrons. The molecule has 1 aliphatic heterocycles. The molecule has 0 radical (unpaired) electrons. The minimum absolute atomic E-state index is 0.0514. The van der Waals surface area contributed by atoms with Gasteiger partial charge < -0.3 is 5.32 Å². The number of nitrogens with one attached hydrogen (secondary N) is 1. The number of hydrogen-bond donors (Lipinski definition) is 1. The van der Waals surface area contributed by atoms with E-state index < -0.39 is 31.8 Å². The largest absolute Gasteiger partial charge is 0.354 e. The second-order valence-corrected chi connectivity index (χ2v) is 9.85. The Kier molecular flexibility index (Phi) is 6.00. The molecule has 9 heteroatoms. The molecule has 1 fully saturated rings. The molecule has 0 saturated carbocycles. The standard InChI is InChI=1S/C15H22N2O5S2/c1-23(19,20)17-11-6-5-9-14(17)15(18)16-10-12-24(21,22)13-7-3-2-4-8-13/h2-4,7-8,14H,5-6,9-12H2,1H3,(H,16,18). The van der Waals surface area contributed by atoms with E-state index in [4.69, 9.17) is 0 Å². The van der Waals surface area contributed by atoms with Crippen LogP contribution in [0.15, 0.2) is 35.2 Å². The first-order valence-corrected chi connectivity index (χ1v) is 11.2. The van der Waals surface area contributed by atoms with Gasteiger partial charge in [0.05, 0.1) is 16.9 Å². The van der Waals surface area contributed by atoms with Crippen molar-refractivity contribution in [2.75, 3.05) is 25.1 Å². The maximum Gasteiger partial charge on any atom is 0.238 e. The Morgan fingerprint density at radius 2 is 1.83 bits per heavy atom. The number of piperidine rings is 1. The number of benzene rings is 1. The molecule has 0 spiro atoms. The van der Waals surface area contributed by atoms with E-state index in [1.807, 2.05) is 0 Å². The number of sulfone groups is 1. The second-order valence-electron chi connectivity index (χ2n) is 5.81.